The number of ether oxygens (including phenoxy) is 1. The molecule has 0 aliphatic carbocycles. The lowest BCUT2D eigenvalue weighted by molar-refractivity contribution is -0.153. The molecule has 0 unspecified atom stereocenters. The molecule has 0 aliphatic rings. The van der Waals surface area contributed by atoms with E-state index in [-0.39, 0.29) is 23.6 Å². The second kappa shape index (κ2) is 10.1. The van der Waals surface area contributed by atoms with Crippen molar-refractivity contribution in [3.63, 3.8) is 0 Å². The van der Waals surface area contributed by atoms with E-state index in [9.17, 15) is 22.8 Å². The number of esters is 1. The molecule has 0 fully saturated rings. The molecule has 3 rings (SSSR count). The van der Waals surface area contributed by atoms with Crippen LogP contribution < -0.4 is 5.32 Å². The first-order valence-electron chi connectivity index (χ1n) is 9.92. The van der Waals surface area contributed by atoms with Crippen molar-refractivity contribution in [1.29, 1.82) is 0 Å². The largest absolute Gasteiger partial charge is 0.453 e. The van der Waals surface area contributed by atoms with E-state index in [0.717, 1.165) is 23.3 Å². The first-order chi connectivity index (χ1) is 15.5. The molecule has 0 radical (unpaired) electrons. The molecule has 0 saturated carbocycles. The van der Waals surface area contributed by atoms with Gasteiger partial charge in [0, 0.05) is 12.0 Å². The number of aryl methyl sites for hydroxylation is 2. The Balaban J connectivity index is 1.52. The Morgan fingerprint density at radius 2 is 1.88 bits per heavy atom. The number of rotatable bonds is 7. The highest BCUT2D eigenvalue weighted by Crippen LogP contribution is 2.34. The van der Waals surface area contributed by atoms with Gasteiger partial charge in [-0.25, -0.2) is 4.98 Å². The Hall–Kier alpha value is -3.33. The number of amides is 1. The third-order valence-electron chi connectivity index (χ3n) is 4.66. The SMILES string of the molecule is Cc1ccc(-c2cnc(CCC(=O)O[C@@H](C)C(=O)Nc3cc(C(F)(F)F)ccc3Cl)o2)cc1. The van der Waals surface area contributed by atoms with Gasteiger partial charge in [-0.3, -0.25) is 9.59 Å². The Morgan fingerprint density at radius 3 is 2.55 bits per heavy atom. The van der Waals surface area contributed by atoms with E-state index < -0.39 is 29.7 Å². The summed E-state index contributed by atoms with van der Waals surface area (Å²) in [6, 6.07) is 10.2. The molecular weight excluding hydrogens is 461 g/mol. The van der Waals surface area contributed by atoms with Crippen molar-refractivity contribution < 1.29 is 31.9 Å². The second-order valence-corrected chi connectivity index (χ2v) is 7.71. The maximum atomic E-state index is 12.9. The van der Waals surface area contributed by atoms with Crippen molar-refractivity contribution in [1.82, 2.24) is 4.98 Å². The number of carbonyl (C=O) groups excluding carboxylic acids is 2. The number of aromatic nitrogens is 1. The highest BCUT2D eigenvalue weighted by Gasteiger charge is 2.31. The summed E-state index contributed by atoms with van der Waals surface area (Å²) < 4.78 is 49.3. The predicted octanol–water partition coefficient (Wildman–Crippen LogP) is 5.83. The van der Waals surface area contributed by atoms with Crippen molar-refractivity contribution in [2.75, 3.05) is 5.32 Å². The number of benzene rings is 2. The van der Waals surface area contributed by atoms with E-state index in [0.29, 0.717) is 17.7 Å². The molecule has 0 aliphatic heterocycles. The van der Waals surface area contributed by atoms with Gasteiger partial charge >= 0.3 is 12.1 Å². The van der Waals surface area contributed by atoms with Crippen LogP contribution in [0.25, 0.3) is 11.3 Å². The van der Waals surface area contributed by atoms with Crippen LogP contribution in [-0.4, -0.2) is 23.0 Å². The van der Waals surface area contributed by atoms with Crippen LogP contribution in [0.2, 0.25) is 5.02 Å². The maximum Gasteiger partial charge on any atom is 0.416 e. The monoisotopic (exact) mass is 480 g/mol. The van der Waals surface area contributed by atoms with Crippen molar-refractivity contribution >= 4 is 29.2 Å². The topological polar surface area (TPSA) is 81.4 Å². The summed E-state index contributed by atoms with van der Waals surface area (Å²) in [5.74, 6) is -0.621. The van der Waals surface area contributed by atoms with Gasteiger partial charge in [-0.15, -0.1) is 0 Å². The molecule has 1 aromatic heterocycles. The summed E-state index contributed by atoms with van der Waals surface area (Å²) in [6.07, 6.45) is -4.24. The van der Waals surface area contributed by atoms with E-state index >= 15 is 0 Å². The van der Waals surface area contributed by atoms with Crippen molar-refractivity contribution in [2.24, 2.45) is 0 Å². The molecule has 3 aromatic rings. The third kappa shape index (κ3) is 6.58. The smallest absolute Gasteiger partial charge is 0.416 e. The van der Waals surface area contributed by atoms with E-state index in [1.807, 2.05) is 31.2 Å². The van der Waals surface area contributed by atoms with Crippen molar-refractivity contribution in [3.8, 4) is 11.3 Å². The zero-order valence-electron chi connectivity index (χ0n) is 17.7. The Labute approximate surface area is 192 Å². The van der Waals surface area contributed by atoms with E-state index in [4.69, 9.17) is 20.8 Å². The summed E-state index contributed by atoms with van der Waals surface area (Å²) in [4.78, 5) is 28.5. The molecule has 1 N–H and O–H groups in total. The zero-order chi connectivity index (χ0) is 24.2. The molecule has 10 heteroatoms. The lowest BCUT2D eigenvalue weighted by Crippen LogP contribution is -2.30. The molecule has 1 atom stereocenters. The van der Waals surface area contributed by atoms with Gasteiger partial charge in [0.05, 0.1) is 28.9 Å². The number of anilines is 1. The zero-order valence-corrected chi connectivity index (χ0v) is 18.5. The Kier molecular flexibility index (Phi) is 7.43. The van der Waals surface area contributed by atoms with E-state index in [2.05, 4.69) is 10.3 Å². The quantitative estimate of drug-likeness (QED) is 0.430. The molecule has 33 heavy (non-hydrogen) atoms. The third-order valence-corrected chi connectivity index (χ3v) is 4.99. The fourth-order valence-electron chi connectivity index (χ4n) is 2.83. The summed E-state index contributed by atoms with van der Waals surface area (Å²) in [5, 5.41) is 2.17. The van der Waals surface area contributed by atoms with Gasteiger partial charge in [-0.05, 0) is 32.0 Å². The number of alkyl halides is 3. The predicted molar refractivity (Wildman–Crippen MR) is 116 cm³/mol. The molecule has 1 heterocycles. The molecule has 174 valence electrons. The van der Waals surface area contributed by atoms with Gasteiger partial charge in [0.1, 0.15) is 0 Å². The first kappa shape index (κ1) is 24.3. The minimum atomic E-state index is -4.60. The molecule has 0 saturated heterocycles. The van der Waals surface area contributed by atoms with Crippen LogP contribution in [0.15, 0.2) is 53.1 Å². The van der Waals surface area contributed by atoms with E-state index in [1.54, 1.807) is 6.20 Å². The Bertz CT molecular complexity index is 1140. The standard InChI is InChI=1S/C23H20ClF3N2O4/c1-13-3-5-15(6-4-13)19-12-28-20(33-19)9-10-21(30)32-14(2)22(31)29-18-11-16(23(25,26)27)7-8-17(18)24/h3-8,11-12,14H,9-10H2,1-2H3,(H,29,31)/t14-/m0/s1. The van der Waals surface area contributed by atoms with Gasteiger partial charge < -0.3 is 14.5 Å². The fourth-order valence-corrected chi connectivity index (χ4v) is 2.99. The van der Waals surface area contributed by atoms with Crippen molar-refractivity contribution in [2.45, 2.75) is 39.0 Å². The molecule has 1 amide bonds. The average Bonchev–Trinajstić information content (AvgIpc) is 3.22. The number of nitrogens with one attached hydrogen (secondary N) is 1. The normalized spacial score (nSPS) is 12.3. The first-order valence-corrected chi connectivity index (χ1v) is 10.3. The van der Waals surface area contributed by atoms with Crippen LogP contribution in [0.3, 0.4) is 0 Å². The van der Waals surface area contributed by atoms with Crippen LogP contribution in [0.5, 0.6) is 0 Å². The lowest BCUT2D eigenvalue weighted by atomic mass is 10.1. The average molecular weight is 481 g/mol. The Morgan fingerprint density at radius 1 is 1.18 bits per heavy atom. The highest BCUT2D eigenvalue weighted by molar-refractivity contribution is 6.33. The lowest BCUT2D eigenvalue weighted by Gasteiger charge is -2.15. The van der Waals surface area contributed by atoms with Gasteiger partial charge in [-0.2, -0.15) is 13.2 Å². The van der Waals surface area contributed by atoms with Gasteiger partial charge in [0.15, 0.2) is 17.8 Å². The van der Waals surface area contributed by atoms with Crippen LogP contribution in [-0.2, 0) is 26.9 Å². The van der Waals surface area contributed by atoms with Gasteiger partial charge in [-0.1, -0.05) is 41.4 Å². The summed E-state index contributed by atoms with van der Waals surface area (Å²) in [6.45, 7) is 3.27. The number of hydrogen-bond acceptors (Lipinski definition) is 5. The van der Waals surface area contributed by atoms with Gasteiger partial charge in [0.25, 0.3) is 5.91 Å². The van der Waals surface area contributed by atoms with Crippen LogP contribution in [0.1, 0.15) is 30.4 Å². The van der Waals surface area contributed by atoms with Crippen LogP contribution in [0.4, 0.5) is 18.9 Å². The van der Waals surface area contributed by atoms with Crippen LogP contribution in [0, 0.1) is 6.92 Å². The number of carbonyl (C=O) groups is 2. The number of hydrogen-bond donors (Lipinski definition) is 1. The maximum absolute atomic E-state index is 12.9. The number of oxazole rings is 1. The summed E-state index contributed by atoms with van der Waals surface area (Å²) in [5.41, 5.74) is 0.751. The molecule has 6 nitrogen and oxygen atoms in total. The second-order valence-electron chi connectivity index (χ2n) is 7.30. The molecule has 0 bridgehead atoms. The number of nitrogens with zero attached hydrogens (tertiary/aromatic N) is 1. The fraction of sp³-hybridized carbons (Fsp3) is 0.261. The summed E-state index contributed by atoms with van der Waals surface area (Å²) in [7, 11) is 0. The minimum absolute atomic E-state index is 0.0804. The molecular formula is C23H20ClF3N2O4. The number of halogens is 4. The highest BCUT2D eigenvalue weighted by atomic mass is 35.5. The van der Waals surface area contributed by atoms with Gasteiger partial charge in [0.2, 0.25) is 0 Å². The molecule has 0 spiro atoms. The molecule has 2 aromatic carbocycles. The van der Waals surface area contributed by atoms with Crippen molar-refractivity contribution in [3.05, 3.63) is 70.7 Å². The van der Waals surface area contributed by atoms with Crippen LogP contribution >= 0.6 is 11.6 Å². The summed E-state index contributed by atoms with van der Waals surface area (Å²) >= 11 is 5.87. The minimum Gasteiger partial charge on any atom is -0.453 e. The van der Waals surface area contributed by atoms with E-state index in [1.165, 1.54) is 6.92 Å².